The van der Waals surface area contributed by atoms with E-state index in [4.69, 9.17) is 23.2 Å². The summed E-state index contributed by atoms with van der Waals surface area (Å²) in [4.78, 5) is 25.0. The number of carbonyl (C=O) groups is 2. The van der Waals surface area contributed by atoms with Crippen molar-refractivity contribution in [2.75, 3.05) is 11.1 Å². The first kappa shape index (κ1) is 25.3. The average Bonchev–Trinajstić information content (AvgIpc) is 3.18. The lowest BCUT2D eigenvalue weighted by Crippen LogP contribution is -2.29. The summed E-state index contributed by atoms with van der Waals surface area (Å²) >= 11 is 16.7. The Morgan fingerprint density at radius 3 is 2.67 bits per heavy atom. The number of nitrogens with one attached hydrogen (secondary N) is 2. The highest BCUT2D eigenvalue weighted by Gasteiger charge is 2.21. The van der Waals surface area contributed by atoms with Crippen molar-refractivity contribution < 1.29 is 9.59 Å². The van der Waals surface area contributed by atoms with Gasteiger partial charge in [0.05, 0.1) is 27.4 Å². The number of hydrogen-bond donors (Lipinski definition) is 2. The van der Waals surface area contributed by atoms with Crippen molar-refractivity contribution in [3.63, 3.8) is 0 Å². The second-order valence-electron chi connectivity index (χ2n) is 6.88. The summed E-state index contributed by atoms with van der Waals surface area (Å²) in [5, 5.41) is 15.5. The quantitative estimate of drug-likeness (QED) is 0.253. The van der Waals surface area contributed by atoms with Gasteiger partial charge in [0.2, 0.25) is 5.91 Å². The highest BCUT2D eigenvalue weighted by molar-refractivity contribution is 9.10. The number of amides is 2. The van der Waals surface area contributed by atoms with Gasteiger partial charge in [-0.05, 0) is 53.2 Å². The third-order valence-electron chi connectivity index (χ3n) is 4.45. The molecule has 172 valence electrons. The Hall–Kier alpha value is -2.33. The van der Waals surface area contributed by atoms with Crippen LogP contribution in [-0.2, 0) is 11.3 Å². The lowest BCUT2D eigenvalue weighted by atomic mass is 10.2. The second kappa shape index (κ2) is 11.7. The van der Waals surface area contributed by atoms with Crippen LogP contribution in [0, 0.1) is 0 Å². The van der Waals surface area contributed by atoms with E-state index in [2.05, 4.69) is 43.3 Å². The first-order valence-electron chi connectivity index (χ1n) is 9.77. The number of thioether (sulfide) groups is 1. The fourth-order valence-corrected chi connectivity index (χ4v) is 4.32. The topological polar surface area (TPSA) is 88.9 Å². The number of hydrogen-bond acceptors (Lipinski definition) is 5. The molecule has 0 saturated heterocycles. The first-order valence-corrected chi connectivity index (χ1v) is 12.3. The van der Waals surface area contributed by atoms with E-state index in [1.54, 1.807) is 60.0 Å². The Labute approximate surface area is 214 Å². The van der Waals surface area contributed by atoms with E-state index in [0.717, 1.165) is 4.47 Å². The number of rotatable bonds is 9. The maximum Gasteiger partial charge on any atom is 0.253 e. The van der Waals surface area contributed by atoms with Gasteiger partial charge in [0, 0.05) is 16.7 Å². The predicted octanol–water partition coefficient (Wildman–Crippen LogP) is 5.76. The Balaban J connectivity index is 1.67. The number of allylic oxidation sites excluding steroid dienone is 1. The van der Waals surface area contributed by atoms with Gasteiger partial charge in [-0.15, -0.1) is 16.8 Å². The molecule has 0 aliphatic carbocycles. The molecule has 0 radical (unpaired) electrons. The van der Waals surface area contributed by atoms with Gasteiger partial charge < -0.3 is 15.2 Å². The predicted molar refractivity (Wildman–Crippen MR) is 136 cm³/mol. The van der Waals surface area contributed by atoms with Crippen LogP contribution in [0.5, 0.6) is 0 Å². The molecule has 33 heavy (non-hydrogen) atoms. The van der Waals surface area contributed by atoms with E-state index >= 15 is 0 Å². The van der Waals surface area contributed by atoms with E-state index in [1.807, 2.05) is 0 Å². The first-order chi connectivity index (χ1) is 15.8. The molecule has 1 atom stereocenters. The molecule has 0 aliphatic rings. The van der Waals surface area contributed by atoms with Crippen molar-refractivity contribution in [3.8, 4) is 0 Å². The molecule has 2 N–H and O–H groups in total. The molecule has 0 aliphatic heterocycles. The summed E-state index contributed by atoms with van der Waals surface area (Å²) in [7, 11) is 0. The van der Waals surface area contributed by atoms with Crippen LogP contribution >= 0.6 is 50.9 Å². The number of carbonyl (C=O) groups excluding carboxylic acids is 2. The summed E-state index contributed by atoms with van der Waals surface area (Å²) in [6.45, 7) is 6.00. The van der Waals surface area contributed by atoms with Crippen LogP contribution in [0.3, 0.4) is 0 Å². The van der Waals surface area contributed by atoms with Crippen LogP contribution in [0.25, 0.3) is 0 Å². The molecular formula is C22H20BrCl2N5O2S. The van der Waals surface area contributed by atoms with Crippen LogP contribution in [0.1, 0.15) is 29.1 Å². The van der Waals surface area contributed by atoms with Crippen LogP contribution < -0.4 is 10.6 Å². The third kappa shape index (κ3) is 6.60. The Morgan fingerprint density at radius 2 is 1.97 bits per heavy atom. The molecule has 3 aromatic rings. The lowest BCUT2D eigenvalue weighted by Gasteiger charge is -2.15. The maximum atomic E-state index is 12.6. The smallest absolute Gasteiger partial charge is 0.253 e. The molecule has 0 fully saturated rings. The number of halogens is 3. The summed E-state index contributed by atoms with van der Waals surface area (Å²) < 4.78 is 2.55. The molecule has 2 aromatic carbocycles. The summed E-state index contributed by atoms with van der Waals surface area (Å²) in [6.07, 6.45) is 1.70. The zero-order valence-electron chi connectivity index (χ0n) is 17.5. The standard InChI is InChI=1S/C22H20BrCl2N5O2S/c1-3-10-30-20(13(2)26-21(32)15-6-4-5-7-17(15)24)28-29-22(30)33-12-19(31)27-14-8-9-16(23)18(25)11-14/h3-9,11,13H,1,10,12H2,2H3,(H,26,32)(H,27,31)/t13-/m0/s1. The highest BCUT2D eigenvalue weighted by atomic mass is 79.9. The molecule has 0 saturated carbocycles. The van der Waals surface area contributed by atoms with E-state index in [9.17, 15) is 9.59 Å². The SMILES string of the molecule is C=CCn1c(SCC(=O)Nc2ccc(Br)c(Cl)c2)nnc1[C@H](C)NC(=O)c1ccccc1Cl. The molecular weight excluding hydrogens is 549 g/mol. The fourth-order valence-electron chi connectivity index (χ4n) is 2.91. The minimum absolute atomic E-state index is 0.114. The van der Waals surface area contributed by atoms with Gasteiger partial charge in [0.1, 0.15) is 0 Å². The monoisotopic (exact) mass is 567 g/mol. The lowest BCUT2D eigenvalue weighted by molar-refractivity contribution is -0.113. The number of anilines is 1. The normalized spacial score (nSPS) is 11.6. The summed E-state index contributed by atoms with van der Waals surface area (Å²) in [5.41, 5.74) is 0.970. The van der Waals surface area contributed by atoms with E-state index in [0.29, 0.717) is 38.8 Å². The van der Waals surface area contributed by atoms with Crippen LogP contribution in [0.4, 0.5) is 5.69 Å². The van der Waals surface area contributed by atoms with Crippen molar-refractivity contribution in [2.45, 2.75) is 24.7 Å². The van der Waals surface area contributed by atoms with E-state index < -0.39 is 6.04 Å². The molecule has 0 bridgehead atoms. The van der Waals surface area contributed by atoms with Crippen molar-refractivity contribution >= 4 is 68.4 Å². The largest absolute Gasteiger partial charge is 0.342 e. The van der Waals surface area contributed by atoms with Crippen molar-refractivity contribution in [1.82, 2.24) is 20.1 Å². The van der Waals surface area contributed by atoms with Crippen LogP contribution in [0.15, 0.2) is 64.7 Å². The van der Waals surface area contributed by atoms with Gasteiger partial charge >= 0.3 is 0 Å². The van der Waals surface area contributed by atoms with Crippen molar-refractivity contribution in [2.24, 2.45) is 0 Å². The molecule has 0 unspecified atom stereocenters. The van der Waals surface area contributed by atoms with E-state index in [-0.39, 0.29) is 17.6 Å². The van der Waals surface area contributed by atoms with Crippen LogP contribution in [-0.4, -0.2) is 32.3 Å². The summed E-state index contributed by atoms with van der Waals surface area (Å²) in [6, 6.07) is 11.5. The van der Waals surface area contributed by atoms with Crippen molar-refractivity contribution in [1.29, 1.82) is 0 Å². The Bertz CT molecular complexity index is 1190. The minimum Gasteiger partial charge on any atom is -0.342 e. The second-order valence-corrected chi connectivity index (χ2v) is 9.49. The Kier molecular flexibility index (Phi) is 8.96. The van der Waals surface area contributed by atoms with Gasteiger partial charge in [-0.2, -0.15) is 0 Å². The van der Waals surface area contributed by atoms with Gasteiger partial charge in [-0.1, -0.05) is 53.2 Å². The maximum absolute atomic E-state index is 12.6. The Morgan fingerprint density at radius 1 is 1.21 bits per heavy atom. The van der Waals surface area contributed by atoms with Gasteiger partial charge in [-0.25, -0.2) is 0 Å². The average molecular weight is 569 g/mol. The zero-order chi connectivity index (χ0) is 24.0. The summed E-state index contributed by atoms with van der Waals surface area (Å²) in [5.74, 6) is 0.123. The number of benzene rings is 2. The third-order valence-corrected chi connectivity index (χ3v) is 6.98. The van der Waals surface area contributed by atoms with E-state index in [1.165, 1.54) is 11.8 Å². The molecule has 3 rings (SSSR count). The molecule has 0 spiro atoms. The molecule has 2 amide bonds. The zero-order valence-corrected chi connectivity index (χ0v) is 21.4. The minimum atomic E-state index is -0.450. The number of nitrogens with zero attached hydrogens (tertiary/aromatic N) is 3. The van der Waals surface area contributed by atoms with Gasteiger partial charge in [0.15, 0.2) is 11.0 Å². The molecule has 1 heterocycles. The highest BCUT2D eigenvalue weighted by Crippen LogP contribution is 2.26. The van der Waals surface area contributed by atoms with Crippen molar-refractivity contribution in [3.05, 3.63) is 81.0 Å². The van der Waals surface area contributed by atoms with Crippen LogP contribution in [0.2, 0.25) is 10.0 Å². The number of aromatic nitrogens is 3. The fraction of sp³-hybridized carbons (Fsp3) is 0.182. The van der Waals surface area contributed by atoms with Gasteiger partial charge in [0.25, 0.3) is 5.91 Å². The molecule has 1 aromatic heterocycles. The molecule has 11 heteroatoms. The molecule has 7 nitrogen and oxygen atoms in total. The van der Waals surface area contributed by atoms with Gasteiger partial charge in [-0.3, -0.25) is 9.59 Å².